The lowest BCUT2D eigenvalue weighted by atomic mass is 10.1. The monoisotopic (exact) mass is 272 g/mol. The lowest BCUT2D eigenvalue weighted by Gasteiger charge is -2.26. The Morgan fingerprint density at radius 1 is 1.25 bits per heavy atom. The van der Waals surface area contributed by atoms with E-state index in [1.54, 1.807) is 0 Å². The maximum atomic E-state index is 9.42. The fourth-order valence-electron chi connectivity index (χ4n) is 2.43. The van der Waals surface area contributed by atoms with Gasteiger partial charge in [0.05, 0.1) is 12.3 Å². The average molecular weight is 272 g/mol. The maximum absolute atomic E-state index is 9.42. The molecule has 0 spiro atoms. The third-order valence-electron chi connectivity index (χ3n) is 3.85. The van der Waals surface area contributed by atoms with Crippen LogP contribution in [0.3, 0.4) is 0 Å². The van der Waals surface area contributed by atoms with Crippen LogP contribution in [-0.2, 0) is 6.61 Å². The van der Waals surface area contributed by atoms with Gasteiger partial charge in [-0.1, -0.05) is 44.5 Å². The SMILES string of the molecule is CCC(C)CN(CC)c1nc(CO)cc2ccccc12. The first-order chi connectivity index (χ1) is 9.69. The van der Waals surface area contributed by atoms with Crippen molar-refractivity contribution in [2.24, 2.45) is 5.92 Å². The fraction of sp³-hybridized carbons (Fsp3) is 0.471. The van der Waals surface area contributed by atoms with Crippen LogP contribution < -0.4 is 4.90 Å². The highest BCUT2D eigenvalue weighted by Crippen LogP contribution is 2.26. The van der Waals surface area contributed by atoms with E-state index in [0.717, 1.165) is 41.8 Å². The van der Waals surface area contributed by atoms with Gasteiger partial charge in [0.2, 0.25) is 0 Å². The van der Waals surface area contributed by atoms with Gasteiger partial charge in [-0.2, -0.15) is 0 Å². The van der Waals surface area contributed by atoms with Gasteiger partial charge in [-0.15, -0.1) is 0 Å². The normalized spacial score (nSPS) is 12.6. The van der Waals surface area contributed by atoms with Crippen LogP contribution in [0.25, 0.3) is 10.8 Å². The van der Waals surface area contributed by atoms with E-state index in [1.165, 1.54) is 0 Å². The Morgan fingerprint density at radius 2 is 2.00 bits per heavy atom. The minimum atomic E-state index is -0.0152. The van der Waals surface area contributed by atoms with Gasteiger partial charge in [-0.25, -0.2) is 4.98 Å². The van der Waals surface area contributed by atoms with Crippen molar-refractivity contribution in [3.63, 3.8) is 0 Å². The first-order valence-electron chi connectivity index (χ1n) is 7.44. The van der Waals surface area contributed by atoms with E-state index in [2.05, 4.69) is 42.8 Å². The summed E-state index contributed by atoms with van der Waals surface area (Å²) in [6, 6.07) is 10.2. The molecule has 2 aromatic rings. The van der Waals surface area contributed by atoms with E-state index >= 15 is 0 Å². The molecule has 0 radical (unpaired) electrons. The summed E-state index contributed by atoms with van der Waals surface area (Å²) in [5.41, 5.74) is 0.737. The number of pyridine rings is 1. The van der Waals surface area contributed by atoms with Crippen molar-refractivity contribution in [3.8, 4) is 0 Å². The van der Waals surface area contributed by atoms with Crippen LogP contribution in [-0.4, -0.2) is 23.2 Å². The molecule has 20 heavy (non-hydrogen) atoms. The number of hydrogen-bond donors (Lipinski definition) is 1. The minimum Gasteiger partial charge on any atom is -0.390 e. The van der Waals surface area contributed by atoms with Crippen LogP contribution >= 0.6 is 0 Å². The summed E-state index contributed by atoms with van der Waals surface area (Å²) < 4.78 is 0. The predicted octanol–water partition coefficient (Wildman–Crippen LogP) is 3.60. The summed E-state index contributed by atoms with van der Waals surface area (Å²) >= 11 is 0. The molecule has 0 saturated heterocycles. The lowest BCUT2D eigenvalue weighted by Crippen LogP contribution is -2.29. The van der Waals surface area contributed by atoms with Gasteiger partial charge in [-0.3, -0.25) is 0 Å². The Morgan fingerprint density at radius 3 is 2.65 bits per heavy atom. The molecule has 0 fully saturated rings. The summed E-state index contributed by atoms with van der Waals surface area (Å²) in [5.74, 6) is 1.63. The number of benzene rings is 1. The summed E-state index contributed by atoms with van der Waals surface area (Å²) in [6.45, 7) is 8.55. The van der Waals surface area contributed by atoms with Crippen LogP contribution in [0.4, 0.5) is 5.82 Å². The van der Waals surface area contributed by atoms with Crippen molar-refractivity contribution in [3.05, 3.63) is 36.0 Å². The zero-order chi connectivity index (χ0) is 14.5. The van der Waals surface area contributed by atoms with Gasteiger partial charge in [-0.05, 0) is 24.3 Å². The number of anilines is 1. The predicted molar refractivity (Wildman–Crippen MR) is 85.0 cm³/mol. The highest BCUT2D eigenvalue weighted by molar-refractivity contribution is 5.92. The van der Waals surface area contributed by atoms with Gasteiger partial charge in [0.1, 0.15) is 5.82 Å². The van der Waals surface area contributed by atoms with E-state index < -0.39 is 0 Å². The third-order valence-corrected chi connectivity index (χ3v) is 3.85. The van der Waals surface area contributed by atoms with Crippen LogP contribution in [0.15, 0.2) is 30.3 Å². The summed E-state index contributed by atoms with van der Waals surface area (Å²) in [7, 11) is 0. The number of fused-ring (bicyclic) bond motifs is 1. The molecule has 0 aliphatic heterocycles. The van der Waals surface area contributed by atoms with Gasteiger partial charge in [0.25, 0.3) is 0 Å². The van der Waals surface area contributed by atoms with Crippen molar-refractivity contribution >= 4 is 16.6 Å². The zero-order valence-corrected chi connectivity index (χ0v) is 12.6. The molecular formula is C17H24N2O. The number of rotatable bonds is 6. The molecule has 1 aromatic carbocycles. The van der Waals surface area contributed by atoms with Crippen molar-refractivity contribution in [1.29, 1.82) is 0 Å². The molecule has 1 unspecified atom stereocenters. The molecule has 1 heterocycles. The zero-order valence-electron chi connectivity index (χ0n) is 12.6. The molecule has 0 bridgehead atoms. The molecule has 0 saturated carbocycles. The first kappa shape index (κ1) is 14.8. The van der Waals surface area contributed by atoms with E-state index in [1.807, 2.05) is 18.2 Å². The second-order valence-corrected chi connectivity index (χ2v) is 5.37. The second-order valence-electron chi connectivity index (χ2n) is 5.37. The van der Waals surface area contributed by atoms with Gasteiger partial charge >= 0.3 is 0 Å². The summed E-state index contributed by atoms with van der Waals surface area (Å²) in [4.78, 5) is 6.97. The fourth-order valence-corrected chi connectivity index (χ4v) is 2.43. The molecule has 3 heteroatoms. The van der Waals surface area contributed by atoms with Gasteiger partial charge < -0.3 is 10.0 Å². The van der Waals surface area contributed by atoms with Crippen LogP contribution in [0.1, 0.15) is 32.9 Å². The number of nitrogens with zero attached hydrogens (tertiary/aromatic N) is 2. The first-order valence-corrected chi connectivity index (χ1v) is 7.44. The molecule has 2 rings (SSSR count). The van der Waals surface area contributed by atoms with Crippen LogP contribution in [0, 0.1) is 5.92 Å². The van der Waals surface area contributed by atoms with Crippen molar-refractivity contribution in [2.45, 2.75) is 33.8 Å². The Balaban J connectivity index is 2.49. The van der Waals surface area contributed by atoms with E-state index in [-0.39, 0.29) is 6.61 Å². The maximum Gasteiger partial charge on any atom is 0.136 e. The van der Waals surface area contributed by atoms with Crippen LogP contribution in [0.5, 0.6) is 0 Å². The molecule has 0 aliphatic rings. The average Bonchev–Trinajstić information content (AvgIpc) is 2.51. The largest absolute Gasteiger partial charge is 0.390 e. The quantitative estimate of drug-likeness (QED) is 0.873. The highest BCUT2D eigenvalue weighted by atomic mass is 16.3. The number of hydrogen-bond acceptors (Lipinski definition) is 3. The smallest absolute Gasteiger partial charge is 0.136 e. The second kappa shape index (κ2) is 6.71. The highest BCUT2D eigenvalue weighted by Gasteiger charge is 2.14. The van der Waals surface area contributed by atoms with Gasteiger partial charge in [0, 0.05) is 18.5 Å². The number of aromatic nitrogens is 1. The van der Waals surface area contributed by atoms with Crippen molar-refractivity contribution in [2.75, 3.05) is 18.0 Å². The minimum absolute atomic E-state index is 0.0152. The Hall–Kier alpha value is -1.61. The standard InChI is InChI=1S/C17H24N2O/c1-4-13(3)11-19(5-2)17-16-9-7-6-8-14(16)10-15(12-20)18-17/h6-10,13,20H,4-5,11-12H2,1-3H3. The Bertz CT molecular complexity index is 568. The van der Waals surface area contributed by atoms with E-state index in [0.29, 0.717) is 5.92 Å². The molecule has 3 nitrogen and oxygen atoms in total. The summed E-state index contributed by atoms with van der Waals surface area (Å²) in [5, 5.41) is 11.7. The molecule has 1 atom stereocenters. The molecule has 0 aliphatic carbocycles. The van der Waals surface area contributed by atoms with Gasteiger partial charge in [0.15, 0.2) is 0 Å². The molecule has 0 amide bonds. The summed E-state index contributed by atoms with van der Waals surface area (Å²) in [6.07, 6.45) is 1.16. The number of aliphatic hydroxyl groups is 1. The molecule has 1 N–H and O–H groups in total. The molecular weight excluding hydrogens is 248 g/mol. The van der Waals surface area contributed by atoms with Crippen molar-refractivity contribution in [1.82, 2.24) is 4.98 Å². The lowest BCUT2D eigenvalue weighted by molar-refractivity contribution is 0.277. The molecule has 1 aromatic heterocycles. The van der Waals surface area contributed by atoms with E-state index in [9.17, 15) is 5.11 Å². The molecule has 108 valence electrons. The van der Waals surface area contributed by atoms with Crippen LogP contribution in [0.2, 0.25) is 0 Å². The van der Waals surface area contributed by atoms with E-state index in [4.69, 9.17) is 0 Å². The Kier molecular flexibility index (Phi) is 4.96. The third kappa shape index (κ3) is 3.10. The number of aliphatic hydroxyl groups excluding tert-OH is 1. The Labute approximate surface area is 121 Å². The topological polar surface area (TPSA) is 36.4 Å². The van der Waals surface area contributed by atoms with Crippen molar-refractivity contribution < 1.29 is 5.11 Å².